The van der Waals surface area contributed by atoms with E-state index in [4.69, 9.17) is 4.74 Å². The number of nitrogens with zero attached hydrogens (tertiary/aromatic N) is 2. The zero-order chi connectivity index (χ0) is 14.0. The van der Waals surface area contributed by atoms with E-state index in [0.29, 0.717) is 11.3 Å². The molecule has 1 aliphatic rings. The first-order valence-corrected chi connectivity index (χ1v) is 5.84. The number of aromatic nitrogens is 2. The number of halogens is 2. The van der Waals surface area contributed by atoms with Gasteiger partial charge in [-0.25, -0.2) is 23.5 Å². The summed E-state index contributed by atoms with van der Waals surface area (Å²) in [4.78, 5) is 19.3. The third-order valence-corrected chi connectivity index (χ3v) is 2.95. The van der Waals surface area contributed by atoms with Crippen LogP contribution in [0.2, 0.25) is 0 Å². The van der Waals surface area contributed by atoms with Crippen molar-refractivity contribution in [3.8, 4) is 0 Å². The molecular formula is C12H14F2N2O3. The van der Waals surface area contributed by atoms with Crippen LogP contribution in [0.5, 0.6) is 0 Å². The van der Waals surface area contributed by atoms with E-state index in [1.807, 2.05) is 0 Å². The maximum absolute atomic E-state index is 13.0. The second-order valence-electron chi connectivity index (χ2n) is 4.45. The Labute approximate surface area is 109 Å². The van der Waals surface area contributed by atoms with E-state index >= 15 is 0 Å². The highest BCUT2D eigenvalue weighted by atomic mass is 19.3. The summed E-state index contributed by atoms with van der Waals surface area (Å²) in [7, 11) is 1.23. The number of hydrogen-bond acceptors (Lipinski definition) is 5. The van der Waals surface area contributed by atoms with Crippen LogP contribution in [0.4, 0.5) is 8.78 Å². The van der Waals surface area contributed by atoms with E-state index in [9.17, 15) is 13.6 Å². The third kappa shape index (κ3) is 3.04. The Kier molecular flexibility index (Phi) is 3.75. The molecule has 0 aromatic carbocycles. The predicted molar refractivity (Wildman–Crippen MR) is 61.0 cm³/mol. The molecule has 1 atom stereocenters. The molecule has 0 radical (unpaired) electrons. The van der Waals surface area contributed by atoms with Crippen molar-refractivity contribution in [3.05, 3.63) is 23.3 Å². The molecular weight excluding hydrogens is 258 g/mol. The average molecular weight is 272 g/mol. The molecule has 1 aromatic heterocycles. The van der Waals surface area contributed by atoms with Crippen LogP contribution >= 0.6 is 0 Å². The summed E-state index contributed by atoms with van der Waals surface area (Å²) in [5.74, 6) is -3.55. The van der Waals surface area contributed by atoms with Gasteiger partial charge in [0.05, 0.1) is 12.8 Å². The maximum atomic E-state index is 13.0. The molecule has 0 N–H and O–H groups in total. The summed E-state index contributed by atoms with van der Waals surface area (Å²) < 4.78 is 35.7. The highest BCUT2D eigenvalue weighted by Crippen LogP contribution is 2.35. The molecule has 0 aliphatic carbocycles. The lowest BCUT2D eigenvalue weighted by Crippen LogP contribution is -2.31. The Hall–Kier alpha value is -1.63. The SMILES string of the molecule is COC(=O)c1ncc(C)c(C2CCC(F)(F)CO2)n1. The zero-order valence-corrected chi connectivity index (χ0v) is 10.7. The van der Waals surface area contributed by atoms with E-state index in [1.165, 1.54) is 13.3 Å². The zero-order valence-electron chi connectivity index (χ0n) is 10.7. The molecule has 104 valence electrons. The number of alkyl halides is 2. The van der Waals surface area contributed by atoms with Gasteiger partial charge in [0, 0.05) is 12.6 Å². The molecule has 1 fully saturated rings. The largest absolute Gasteiger partial charge is 0.463 e. The van der Waals surface area contributed by atoms with Crippen LogP contribution in [0.3, 0.4) is 0 Å². The first-order chi connectivity index (χ1) is 8.93. The molecule has 7 heteroatoms. The highest BCUT2D eigenvalue weighted by molar-refractivity contribution is 5.84. The van der Waals surface area contributed by atoms with Crippen molar-refractivity contribution >= 4 is 5.97 Å². The van der Waals surface area contributed by atoms with Crippen molar-refractivity contribution in [3.63, 3.8) is 0 Å². The third-order valence-electron chi connectivity index (χ3n) is 2.95. The summed E-state index contributed by atoms with van der Waals surface area (Å²) in [6.45, 7) is 1.11. The Morgan fingerprint density at radius 3 is 2.89 bits per heavy atom. The van der Waals surface area contributed by atoms with Crippen LogP contribution in [0.25, 0.3) is 0 Å². The van der Waals surface area contributed by atoms with Gasteiger partial charge in [-0.1, -0.05) is 0 Å². The van der Waals surface area contributed by atoms with Crippen LogP contribution in [-0.2, 0) is 9.47 Å². The molecule has 5 nitrogen and oxygen atoms in total. The van der Waals surface area contributed by atoms with E-state index in [2.05, 4.69) is 14.7 Å². The van der Waals surface area contributed by atoms with E-state index in [0.717, 1.165) is 0 Å². The van der Waals surface area contributed by atoms with Crippen molar-refractivity contribution in [2.24, 2.45) is 0 Å². The fraction of sp³-hybridized carbons (Fsp3) is 0.583. The molecule has 2 heterocycles. The summed E-state index contributed by atoms with van der Waals surface area (Å²) in [6.07, 6.45) is 0.830. The second-order valence-corrected chi connectivity index (χ2v) is 4.45. The maximum Gasteiger partial charge on any atom is 0.376 e. The number of carbonyl (C=O) groups excluding carboxylic acids is 1. The Morgan fingerprint density at radius 2 is 2.32 bits per heavy atom. The minimum absolute atomic E-state index is 0.0935. The van der Waals surface area contributed by atoms with Crippen LogP contribution < -0.4 is 0 Å². The first kappa shape index (κ1) is 13.8. The molecule has 2 rings (SSSR count). The number of hydrogen-bond donors (Lipinski definition) is 0. The molecule has 1 unspecified atom stereocenters. The standard InChI is InChI=1S/C12H14F2N2O3/c1-7-5-15-10(11(17)18-2)16-9(7)8-3-4-12(13,14)6-19-8/h5,8H,3-4,6H2,1-2H3. The van der Waals surface area contributed by atoms with Crippen LogP contribution in [0, 0.1) is 6.92 Å². The number of esters is 1. The van der Waals surface area contributed by atoms with Gasteiger partial charge >= 0.3 is 5.97 Å². The van der Waals surface area contributed by atoms with Gasteiger partial charge in [0.15, 0.2) is 0 Å². The van der Waals surface area contributed by atoms with Crippen molar-refractivity contribution in [2.45, 2.75) is 31.8 Å². The van der Waals surface area contributed by atoms with Crippen molar-refractivity contribution in [2.75, 3.05) is 13.7 Å². The summed E-state index contributed by atoms with van der Waals surface area (Å²) in [5.41, 5.74) is 1.16. The van der Waals surface area contributed by atoms with Gasteiger partial charge in [0.1, 0.15) is 12.7 Å². The van der Waals surface area contributed by atoms with Crippen molar-refractivity contribution in [1.29, 1.82) is 0 Å². The van der Waals surface area contributed by atoms with Crippen LogP contribution in [0.1, 0.15) is 40.8 Å². The van der Waals surface area contributed by atoms with Gasteiger partial charge in [-0.15, -0.1) is 0 Å². The number of methoxy groups -OCH3 is 1. The van der Waals surface area contributed by atoms with Gasteiger partial charge < -0.3 is 9.47 Å². The minimum Gasteiger partial charge on any atom is -0.463 e. The van der Waals surface area contributed by atoms with Crippen molar-refractivity contribution < 1.29 is 23.0 Å². The number of aryl methyl sites for hydroxylation is 1. The van der Waals surface area contributed by atoms with Crippen LogP contribution in [-0.4, -0.2) is 35.6 Å². The van der Waals surface area contributed by atoms with Gasteiger partial charge in [0.2, 0.25) is 5.82 Å². The highest BCUT2D eigenvalue weighted by Gasteiger charge is 2.37. The Balaban J connectivity index is 2.22. The quantitative estimate of drug-likeness (QED) is 0.771. The Morgan fingerprint density at radius 1 is 1.58 bits per heavy atom. The normalized spacial score (nSPS) is 22.0. The smallest absolute Gasteiger partial charge is 0.376 e. The average Bonchev–Trinajstić information content (AvgIpc) is 2.39. The van der Waals surface area contributed by atoms with E-state index in [-0.39, 0.29) is 18.7 Å². The molecule has 1 aliphatic heterocycles. The molecule has 1 saturated heterocycles. The molecule has 0 amide bonds. The minimum atomic E-state index is -2.79. The van der Waals surface area contributed by atoms with Crippen LogP contribution in [0.15, 0.2) is 6.20 Å². The van der Waals surface area contributed by atoms with Gasteiger partial charge in [-0.3, -0.25) is 0 Å². The number of ether oxygens (including phenoxy) is 2. The second kappa shape index (κ2) is 5.16. The lowest BCUT2D eigenvalue weighted by atomic mass is 10.0. The Bertz CT molecular complexity index is 484. The van der Waals surface area contributed by atoms with E-state index < -0.39 is 24.6 Å². The molecule has 1 aromatic rings. The summed E-state index contributed by atoms with van der Waals surface area (Å²) in [5, 5.41) is 0. The fourth-order valence-electron chi connectivity index (χ4n) is 1.91. The topological polar surface area (TPSA) is 61.3 Å². The summed E-state index contributed by atoms with van der Waals surface area (Å²) in [6, 6.07) is 0. The molecule has 19 heavy (non-hydrogen) atoms. The molecule has 0 bridgehead atoms. The van der Waals surface area contributed by atoms with E-state index in [1.54, 1.807) is 6.92 Å². The van der Waals surface area contributed by atoms with Crippen molar-refractivity contribution in [1.82, 2.24) is 9.97 Å². The lowest BCUT2D eigenvalue weighted by molar-refractivity contribution is -0.146. The first-order valence-electron chi connectivity index (χ1n) is 5.84. The lowest BCUT2D eigenvalue weighted by Gasteiger charge is -2.29. The molecule has 0 saturated carbocycles. The predicted octanol–water partition coefficient (Wildman–Crippen LogP) is 2.06. The summed E-state index contributed by atoms with van der Waals surface area (Å²) >= 11 is 0. The molecule has 0 spiro atoms. The number of carbonyl (C=O) groups is 1. The van der Waals surface area contributed by atoms with Gasteiger partial charge in [-0.2, -0.15) is 0 Å². The monoisotopic (exact) mass is 272 g/mol. The van der Waals surface area contributed by atoms with Gasteiger partial charge in [-0.05, 0) is 18.9 Å². The fourth-order valence-corrected chi connectivity index (χ4v) is 1.91. The van der Waals surface area contributed by atoms with Gasteiger partial charge in [0.25, 0.3) is 5.92 Å². The number of rotatable bonds is 2.